The Hall–Kier alpha value is -2.91. The van der Waals surface area contributed by atoms with Crippen molar-refractivity contribution < 1.29 is 18.0 Å². The predicted octanol–water partition coefficient (Wildman–Crippen LogP) is 2.19. The molecule has 2 aromatic rings. The number of amides is 2. The Bertz CT molecular complexity index is 1110. The number of rotatable bonds is 7. The first kappa shape index (κ1) is 23.7. The van der Waals surface area contributed by atoms with Gasteiger partial charge in [-0.25, -0.2) is 12.7 Å². The molecule has 2 aromatic carbocycles. The van der Waals surface area contributed by atoms with Gasteiger partial charge in [0, 0.05) is 45.0 Å². The molecule has 32 heavy (non-hydrogen) atoms. The maximum atomic E-state index is 13.2. The van der Waals surface area contributed by atoms with Crippen LogP contribution in [0.15, 0.2) is 47.4 Å². The molecule has 0 radical (unpaired) electrons. The van der Waals surface area contributed by atoms with Crippen molar-refractivity contribution in [1.82, 2.24) is 9.21 Å². The van der Waals surface area contributed by atoms with E-state index in [1.54, 1.807) is 11.0 Å². The smallest absolute Gasteiger partial charge is 0.253 e. The highest BCUT2D eigenvalue weighted by molar-refractivity contribution is 7.89. The molecule has 1 unspecified atom stereocenters. The van der Waals surface area contributed by atoms with Crippen LogP contribution in [0.1, 0.15) is 34.3 Å². The zero-order valence-electron chi connectivity index (χ0n) is 18.7. The molecule has 0 spiro atoms. The maximum absolute atomic E-state index is 13.2. The number of benzene rings is 2. The summed E-state index contributed by atoms with van der Waals surface area (Å²) < 4.78 is 26.8. The summed E-state index contributed by atoms with van der Waals surface area (Å²) in [5, 5.41) is 3.25. The Morgan fingerprint density at radius 1 is 1.19 bits per heavy atom. The summed E-state index contributed by atoms with van der Waals surface area (Å²) in [6.07, 6.45) is 1.32. The second kappa shape index (κ2) is 9.70. The minimum atomic E-state index is -3.75. The second-order valence-corrected chi connectivity index (χ2v) is 10.5. The lowest BCUT2D eigenvalue weighted by atomic mass is 9.97. The molecule has 1 aliphatic rings. The van der Waals surface area contributed by atoms with E-state index in [1.165, 1.54) is 26.2 Å². The van der Waals surface area contributed by atoms with Crippen LogP contribution >= 0.6 is 0 Å². The number of nitrogens with zero attached hydrogens (tertiary/aromatic N) is 2. The molecule has 172 valence electrons. The van der Waals surface area contributed by atoms with Crippen LogP contribution in [0.4, 0.5) is 5.69 Å². The van der Waals surface area contributed by atoms with Gasteiger partial charge >= 0.3 is 0 Å². The van der Waals surface area contributed by atoms with E-state index in [0.717, 1.165) is 15.4 Å². The molecule has 1 aliphatic heterocycles. The fourth-order valence-corrected chi connectivity index (χ4v) is 4.74. The van der Waals surface area contributed by atoms with Gasteiger partial charge in [-0.3, -0.25) is 9.59 Å². The Morgan fingerprint density at radius 3 is 2.56 bits per heavy atom. The van der Waals surface area contributed by atoms with E-state index in [0.29, 0.717) is 31.6 Å². The summed E-state index contributed by atoms with van der Waals surface area (Å²) in [5.41, 5.74) is 8.41. The van der Waals surface area contributed by atoms with Gasteiger partial charge in [0.1, 0.15) is 0 Å². The number of sulfonamides is 1. The second-order valence-electron chi connectivity index (χ2n) is 8.31. The number of hydrogen-bond donors (Lipinski definition) is 2. The van der Waals surface area contributed by atoms with Crippen molar-refractivity contribution in [3.63, 3.8) is 0 Å². The topological polar surface area (TPSA) is 113 Å². The Balaban J connectivity index is 1.94. The molecule has 3 N–H and O–H groups in total. The molecular weight excluding hydrogens is 428 g/mol. The third-order valence-electron chi connectivity index (χ3n) is 5.79. The number of anilines is 1. The van der Waals surface area contributed by atoms with E-state index in [4.69, 9.17) is 5.73 Å². The van der Waals surface area contributed by atoms with Crippen LogP contribution in [0.3, 0.4) is 0 Å². The fourth-order valence-electron chi connectivity index (χ4n) is 3.77. The molecule has 0 aromatic heterocycles. The third kappa shape index (κ3) is 5.28. The number of nitrogens with two attached hydrogens (primary N) is 1. The third-order valence-corrected chi connectivity index (χ3v) is 7.58. The molecule has 3 rings (SSSR count). The summed E-state index contributed by atoms with van der Waals surface area (Å²) >= 11 is 0. The van der Waals surface area contributed by atoms with E-state index < -0.39 is 15.9 Å². The Labute approximate surface area is 189 Å². The molecule has 1 fully saturated rings. The van der Waals surface area contributed by atoms with Gasteiger partial charge in [0.15, 0.2) is 0 Å². The van der Waals surface area contributed by atoms with Crippen molar-refractivity contribution in [2.75, 3.05) is 32.5 Å². The van der Waals surface area contributed by atoms with Crippen molar-refractivity contribution in [3.05, 3.63) is 59.2 Å². The summed E-state index contributed by atoms with van der Waals surface area (Å²) in [5.74, 6) is -1.13. The fraction of sp³-hybridized carbons (Fsp3) is 0.391. The zero-order chi connectivity index (χ0) is 23.5. The molecule has 1 saturated heterocycles. The number of carbonyl (C=O) groups excluding carboxylic acids is 2. The predicted molar refractivity (Wildman–Crippen MR) is 124 cm³/mol. The lowest BCUT2D eigenvalue weighted by Gasteiger charge is -2.31. The molecular formula is C23H30N4O4S. The van der Waals surface area contributed by atoms with E-state index in [9.17, 15) is 18.0 Å². The molecule has 2 amide bonds. The molecule has 0 aliphatic carbocycles. The van der Waals surface area contributed by atoms with Crippen LogP contribution in [0, 0.1) is 12.8 Å². The van der Waals surface area contributed by atoms with E-state index in [2.05, 4.69) is 5.32 Å². The van der Waals surface area contributed by atoms with Crippen molar-refractivity contribution in [1.29, 1.82) is 0 Å². The highest BCUT2D eigenvalue weighted by Crippen LogP contribution is 2.25. The number of likely N-dealkylation sites (tertiary alicyclic amines) is 1. The maximum Gasteiger partial charge on any atom is 0.253 e. The van der Waals surface area contributed by atoms with E-state index in [-0.39, 0.29) is 28.8 Å². The largest absolute Gasteiger partial charge is 0.381 e. The van der Waals surface area contributed by atoms with Gasteiger partial charge in [0.05, 0.1) is 10.8 Å². The van der Waals surface area contributed by atoms with Crippen molar-refractivity contribution in [2.24, 2.45) is 11.7 Å². The lowest BCUT2D eigenvalue weighted by Crippen LogP contribution is -2.44. The zero-order valence-corrected chi connectivity index (χ0v) is 19.5. The summed E-state index contributed by atoms with van der Waals surface area (Å²) in [6.45, 7) is 3.23. The molecule has 0 bridgehead atoms. The van der Waals surface area contributed by atoms with Crippen molar-refractivity contribution in [3.8, 4) is 0 Å². The molecule has 0 saturated carbocycles. The van der Waals surface area contributed by atoms with Crippen LogP contribution in [0.2, 0.25) is 0 Å². The average molecular weight is 459 g/mol. The number of carbonyl (C=O) groups is 2. The number of primary amides is 1. The minimum Gasteiger partial charge on any atom is -0.381 e. The monoisotopic (exact) mass is 458 g/mol. The number of nitrogens with one attached hydrogen (secondary N) is 1. The van der Waals surface area contributed by atoms with Gasteiger partial charge in [-0.05, 0) is 49.1 Å². The van der Waals surface area contributed by atoms with Gasteiger partial charge in [-0.2, -0.15) is 0 Å². The van der Waals surface area contributed by atoms with Crippen LogP contribution < -0.4 is 11.1 Å². The first-order valence-corrected chi connectivity index (χ1v) is 12.0. The number of aryl methyl sites for hydroxylation is 1. The molecule has 1 heterocycles. The van der Waals surface area contributed by atoms with Crippen LogP contribution in [-0.2, 0) is 21.4 Å². The van der Waals surface area contributed by atoms with Gasteiger partial charge in [0.2, 0.25) is 15.9 Å². The Morgan fingerprint density at radius 2 is 1.91 bits per heavy atom. The first-order chi connectivity index (χ1) is 15.1. The number of piperidine rings is 1. The number of hydrogen-bond acceptors (Lipinski definition) is 5. The molecule has 9 heteroatoms. The minimum absolute atomic E-state index is 0.0316. The van der Waals surface area contributed by atoms with Crippen molar-refractivity contribution >= 4 is 27.5 Å². The summed E-state index contributed by atoms with van der Waals surface area (Å²) in [7, 11) is -0.851. The van der Waals surface area contributed by atoms with E-state index >= 15 is 0 Å². The van der Waals surface area contributed by atoms with Crippen molar-refractivity contribution in [2.45, 2.75) is 31.2 Å². The van der Waals surface area contributed by atoms with Gasteiger partial charge in [0.25, 0.3) is 5.91 Å². The van der Waals surface area contributed by atoms with Gasteiger partial charge < -0.3 is 16.0 Å². The SMILES string of the molecule is Cc1ccccc1CNc1cc(C(=O)N2CCCC(C(N)=O)C2)cc(S(=O)(=O)N(C)C)c1. The standard InChI is InChI=1S/C23H30N4O4S/c1-16-7-4-5-8-17(16)14-25-20-11-19(12-21(13-20)32(30,31)26(2)3)23(29)27-10-6-9-18(15-27)22(24)28/h4-5,7-8,11-13,18,25H,6,9-10,14-15H2,1-3H3,(H2,24,28). The van der Waals surface area contributed by atoms with Crippen LogP contribution in [0.25, 0.3) is 0 Å². The quantitative estimate of drug-likeness (QED) is 0.660. The van der Waals surface area contributed by atoms with E-state index in [1.807, 2.05) is 31.2 Å². The molecule has 8 nitrogen and oxygen atoms in total. The summed E-state index contributed by atoms with van der Waals surface area (Å²) in [4.78, 5) is 26.5. The molecule has 1 atom stereocenters. The first-order valence-electron chi connectivity index (χ1n) is 10.5. The average Bonchev–Trinajstić information content (AvgIpc) is 2.77. The normalized spacial score (nSPS) is 16.8. The highest BCUT2D eigenvalue weighted by Gasteiger charge is 2.29. The van der Waals surface area contributed by atoms with Crippen LogP contribution in [0.5, 0.6) is 0 Å². The van der Waals surface area contributed by atoms with Gasteiger partial charge in [-0.1, -0.05) is 24.3 Å². The Kier molecular flexibility index (Phi) is 7.20. The lowest BCUT2D eigenvalue weighted by molar-refractivity contribution is -0.123. The highest BCUT2D eigenvalue weighted by atomic mass is 32.2. The van der Waals surface area contributed by atoms with Gasteiger partial charge in [-0.15, -0.1) is 0 Å². The van der Waals surface area contributed by atoms with Crippen LogP contribution in [-0.4, -0.2) is 56.6 Å². The summed E-state index contributed by atoms with van der Waals surface area (Å²) in [6, 6.07) is 12.5.